The molecule has 6 nitrogen and oxygen atoms in total. The van der Waals surface area contributed by atoms with Crippen LogP contribution in [0.2, 0.25) is 0 Å². The molecule has 2 heterocycles. The summed E-state index contributed by atoms with van der Waals surface area (Å²) in [4.78, 5) is 27.9. The Morgan fingerprint density at radius 2 is 2.09 bits per heavy atom. The lowest BCUT2D eigenvalue weighted by molar-refractivity contribution is 0.0929. The first kappa shape index (κ1) is 16.0. The average Bonchev–Trinajstić information content (AvgIpc) is 3.06. The Labute approximate surface area is 129 Å². The van der Waals surface area contributed by atoms with Gasteiger partial charge in [-0.25, -0.2) is 0 Å². The largest absolute Gasteiger partial charge is 0.468 e. The normalized spacial score (nSPS) is 12.3. The van der Waals surface area contributed by atoms with E-state index in [1.165, 1.54) is 18.3 Å². The predicted octanol–water partition coefficient (Wildman–Crippen LogP) is 1.78. The molecule has 0 radical (unpaired) electrons. The standard InChI is InChI=1S/C16H21N3O3/c1-3-19(4-2)13(14-6-5-9-22-14)11-18-16(21)12-7-8-15(20)17-10-12/h5-10,13H,3-4,11H2,1-2H3,(H,17,20)(H,18,21)/t13-/m0/s1. The average molecular weight is 303 g/mol. The van der Waals surface area contributed by atoms with Crippen molar-refractivity contribution in [2.75, 3.05) is 19.6 Å². The van der Waals surface area contributed by atoms with Gasteiger partial charge in [-0.05, 0) is 31.3 Å². The van der Waals surface area contributed by atoms with Crippen LogP contribution in [0.3, 0.4) is 0 Å². The summed E-state index contributed by atoms with van der Waals surface area (Å²) in [5, 5.41) is 2.89. The molecule has 0 saturated heterocycles. The van der Waals surface area contributed by atoms with Gasteiger partial charge in [0, 0.05) is 18.8 Å². The first-order valence-corrected chi connectivity index (χ1v) is 7.40. The van der Waals surface area contributed by atoms with E-state index in [0.29, 0.717) is 12.1 Å². The molecule has 0 saturated carbocycles. The lowest BCUT2D eigenvalue weighted by Gasteiger charge is -2.28. The van der Waals surface area contributed by atoms with Crippen LogP contribution in [0, 0.1) is 0 Å². The topological polar surface area (TPSA) is 78.3 Å². The second-order valence-corrected chi connectivity index (χ2v) is 4.90. The number of carbonyl (C=O) groups is 1. The van der Waals surface area contributed by atoms with Gasteiger partial charge in [0.15, 0.2) is 0 Å². The molecule has 0 aliphatic carbocycles. The molecule has 22 heavy (non-hydrogen) atoms. The first-order chi connectivity index (χ1) is 10.7. The number of nitrogens with one attached hydrogen (secondary N) is 2. The molecule has 2 rings (SSSR count). The van der Waals surface area contributed by atoms with Crippen LogP contribution in [0.5, 0.6) is 0 Å². The van der Waals surface area contributed by atoms with Gasteiger partial charge in [-0.1, -0.05) is 13.8 Å². The summed E-state index contributed by atoms with van der Waals surface area (Å²) in [6.07, 6.45) is 3.05. The van der Waals surface area contributed by atoms with Crippen molar-refractivity contribution < 1.29 is 9.21 Å². The number of nitrogens with zero attached hydrogens (tertiary/aromatic N) is 1. The third-order valence-electron chi connectivity index (χ3n) is 3.63. The SMILES string of the molecule is CCN(CC)[C@@H](CNC(=O)c1ccc(=O)[nH]c1)c1ccco1. The fourth-order valence-electron chi connectivity index (χ4n) is 2.40. The van der Waals surface area contributed by atoms with Crippen molar-refractivity contribution in [3.8, 4) is 0 Å². The first-order valence-electron chi connectivity index (χ1n) is 7.40. The maximum atomic E-state index is 12.1. The molecular weight excluding hydrogens is 282 g/mol. The van der Waals surface area contributed by atoms with Gasteiger partial charge in [0.25, 0.3) is 5.91 Å². The number of pyridine rings is 1. The van der Waals surface area contributed by atoms with Crippen molar-refractivity contribution in [2.45, 2.75) is 19.9 Å². The van der Waals surface area contributed by atoms with Crippen LogP contribution in [0.25, 0.3) is 0 Å². The van der Waals surface area contributed by atoms with E-state index in [0.717, 1.165) is 18.8 Å². The van der Waals surface area contributed by atoms with E-state index in [2.05, 4.69) is 29.0 Å². The minimum Gasteiger partial charge on any atom is -0.468 e. The zero-order valence-electron chi connectivity index (χ0n) is 12.8. The summed E-state index contributed by atoms with van der Waals surface area (Å²) in [5.41, 5.74) is 0.200. The molecule has 2 aromatic heterocycles. The zero-order chi connectivity index (χ0) is 15.9. The summed E-state index contributed by atoms with van der Waals surface area (Å²) in [6.45, 7) is 6.30. The smallest absolute Gasteiger partial charge is 0.252 e. The fourth-order valence-corrected chi connectivity index (χ4v) is 2.40. The highest BCUT2D eigenvalue weighted by Crippen LogP contribution is 2.20. The number of likely N-dealkylation sites (N-methyl/N-ethyl adjacent to an activating group) is 1. The van der Waals surface area contributed by atoms with E-state index in [1.54, 1.807) is 6.26 Å². The van der Waals surface area contributed by atoms with Crippen molar-refractivity contribution in [2.24, 2.45) is 0 Å². The monoisotopic (exact) mass is 303 g/mol. The molecule has 118 valence electrons. The quantitative estimate of drug-likeness (QED) is 0.817. The number of aromatic amines is 1. The van der Waals surface area contributed by atoms with Gasteiger partial charge in [0.1, 0.15) is 5.76 Å². The molecular formula is C16H21N3O3. The van der Waals surface area contributed by atoms with Gasteiger partial charge in [-0.2, -0.15) is 0 Å². The molecule has 1 amide bonds. The van der Waals surface area contributed by atoms with Crippen LogP contribution >= 0.6 is 0 Å². The molecule has 0 fully saturated rings. The highest BCUT2D eigenvalue weighted by atomic mass is 16.3. The van der Waals surface area contributed by atoms with E-state index >= 15 is 0 Å². The third kappa shape index (κ3) is 3.85. The third-order valence-corrected chi connectivity index (χ3v) is 3.63. The van der Waals surface area contributed by atoms with Crippen molar-refractivity contribution in [1.29, 1.82) is 0 Å². The Balaban J connectivity index is 2.06. The van der Waals surface area contributed by atoms with E-state index in [9.17, 15) is 9.59 Å². The van der Waals surface area contributed by atoms with Gasteiger partial charge >= 0.3 is 0 Å². The Morgan fingerprint density at radius 1 is 1.32 bits per heavy atom. The Hall–Kier alpha value is -2.34. The van der Waals surface area contributed by atoms with Gasteiger partial charge in [0.2, 0.25) is 5.56 Å². The summed E-state index contributed by atoms with van der Waals surface area (Å²) in [6, 6.07) is 6.58. The number of furan rings is 1. The second kappa shape index (κ2) is 7.61. The highest BCUT2D eigenvalue weighted by molar-refractivity contribution is 5.93. The minimum atomic E-state index is -0.229. The molecule has 0 aromatic carbocycles. The lowest BCUT2D eigenvalue weighted by Crippen LogP contribution is -2.38. The molecule has 2 N–H and O–H groups in total. The fraction of sp³-hybridized carbons (Fsp3) is 0.375. The van der Waals surface area contributed by atoms with Crippen LogP contribution < -0.4 is 10.9 Å². The molecule has 1 atom stereocenters. The van der Waals surface area contributed by atoms with Crippen molar-refractivity contribution in [3.05, 3.63) is 58.4 Å². The van der Waals surface area contributed by atoms with Gasteiger partial charge in [-0.15, -0.1) is 0 Å². The maximum absolute atomic E-state index is 12.1. The van der Waals surface area contributed by atoms with E-state index in [1.807, 2.05) is 12.1 Å². The van der Waals surface area contributed by atoms with E-state index in [-0.39, 0.29) is 17.5 Å². The number of rotatable bonds is 7. The Kier molecular flexibility index (Phi) is 5.55. The van der Waals surface area contributed by atoms with E-state index < -0.39 is 0 Å². The summed E-state index contributed by atoms with van der Waals surface area (Å²) < 4.78 is 5.49. The molecule has 0 spiro atoms. The second-order valence-electron chi connectivity index (χ2n) is 4.90. The van der Waals surface area contributed by atoms with Gasteiger partial charge in [-0.3, -0.25) is 14.5 Å². The maximum Gasteiger partial charge on any atom is 0.252 e. The number of H-pyrrole nitrogens is 1. The molecule has 0 aliphatic heterocycles. The van der Waals surface area contributed by atoms with Crippen LogP contribution in [0.15, 0.2) is 45.9 Å². The van der Waals surface area contributed by atoms with Crippen LogP contribution in [0.4, 0.5) is 0 Å². The van der Waals surface area contributed by atoms with Crippen molar-refractivity contribution >= 4 is 5.91 Å². The lowest BCUT2D eigenvalue weighted by atomic mass is 10.1. The van der Waals surface area contributed by atoms with Crippen LogP contribution in [-0.2, 0) is 0 Å². The van der Waals surface area contributed by atoms with Crippen LogP contribution in [-0.4, -0.2) is 35.4 Å². The number of hydrogen-bond donors (Lipinski definition) is 2. The Bertz CT molecular complexity index is 624. The molecule has 2 aromatic rings. The molecule has 0 unspecified atom stereocenters. The number of hydrogen-bond acceptors (Lipinski definition) is 4. The predicted molar refractivity (Wildman–Crippen MR) is 83.8 cm³/mol. The number of aromatic nitrogens is 1. The van der Waals surface area contributed by atoms with Gasteiger partial charge < -0.3 is 14.7 Å². The molecule has 0 aliphatic rings. The number of carbonyl (C=O) groups excluding carboxylic acids is 1. The van der Waals surface area contributed by atoms with Crippen molar-refractivity contribution in [3.63, 3.8) is 0 Å². The minimum absolute atomic E-state index is 0.0169. The van der Waals surface area contributed by atoms with E-state index in [4.69, 9.17) is 4.42 Å². The molecule has 6 heteroatoms. The number of amides is 1. The van der Waals surface area contributed by atoms with Crippen molar-refractivity contribution in [1.82, 2.24) is 15.2 Å². The summed E-state index contributed by atoms with van der Waals surface area (Å²) in [7, 11) is 0. The molecule has 0 bridgehead atoms. The summed E-state index contributed by atoms with van der Waals surface area (Å²) >= 11 is 0. The summed E-state index contributed by atoms with van der Waals surface area (Å²) in [5.74, 6) is 0.602. The zero-order valence-corrected chi connectivity index (χ0v) is 12.8. The van der Waals surface area contributed by atoms with Gasteiger partial charge in [0.05, 0.1) is 17.9 Å². The Morgan fingerprint density at radius 3 is 2.64 bits per heavy atom. The highest BCUT2D eigenvalue weighted by Gasteiger charge is 2.21. The van der Waals surface area contributed by atoms with Crippen LogP contribution in [0.1, 0.15) is 36.0 Å².